The standard InChI is InChI=1S/C14H16BrFN2/c1-10(2)7-14-8-12(9-15)17-18(14)13-5-3-11(16)4-6-13/h3-6,8,10H,7,9H2,1-2H3. The average molecular weight is 311 g/mol. The van der Waals surface area contributed by atoms with Gasteiger partial charge in [-0.3, -0.25) is 0 Å². The lowest BCUT2D eigenvalue weighted by molar-refractivity contribution is 0.612. The predicted octanol–water partition coefficient (Wildman–Crippen LogP) is 4.10. The van der Waals surface area contributed by atoms with E-state index in [9.17, 15) is 4.39 Å². The summed E-state index contributed by atoms with van der Waals surface area (Å²) in [4.78, 5) is 0. The summed E-state index contributed by atoms with van der Waals surface area (Å²) in [5.41, 5.74) is 3.06. The van der Waals surface area contributed by atoms with E-state index in [1.807, 2.05) is 4.68 Å². The van der Waals surface area contributed by atoms with Crippen LogP contribution in [-0.2, 0) is 11.8 Å². The number of hydrogen-bond donors (Lipinski definition) is 0. The first-order chi connectivity index (χ1) is 8.60. The van der Waals surface area contributed by atoms with Gasteiger partial charge in [-0.05, 0) is 42.7 Å². The third-order valence-electron chi connectivity index (χ3n) is 2.66. The van der Waals surface area contributed by atoms with Gasteiger partial charge in [0.15, 0.2) is 0 Å². The van der Waals surface area contributed by atoms with E-state index >= 15 is 0 Å². The van der Waals surface area contributed by atoms with Crippen LogP contribution in [0.25, 0.3) is 5.69 Å². The molecule has 0 aliphatic carbocycles. The molecule has 2 nitrogen and oxygen atoms in total. The molecule has 1 aromatic heterocycles. The molecule has 0 fully saturated rings. The van der Waals surface area contributed by atoms with Crippen molar-refractivity contribution in [3.05, 3.63) is 47.5 Å². The van der Waals surface area contributed by atoms with Gasteiger partial charge in [-0.2, -0.15) is 5.10 Å². The molecule has 0 aliphatic rings. The molecular weight excluding hydrogens is 295 g/mol. The summed E-state index contributed by atoms with van der Waals surface area (Å²) in [6, 6.07) is 8.53. The highest BCUT2D eigenvalue weighted by atomic mass is 79.9. The first kappa shape index (κ1) is 13.3. The number of rotatable bonds is 4. The molecule has 0 spiro atoms. The molecule has 2 aromatic rings. The van der Waals surface area contributed by atoms with Crippen molar-refractivity contribution in [2.45, 2.75) is 25.6 Å². The second-order valence-corrected chi connectivity index (χ2v) is 5.31. The fourth-order valence-electron chi connectivity index (χ4n) is 1.91. The molecule has 0 saturated carbocycles. The van der Waals surface area contributed by atoms with Crippen LogP contribution < -0.4 is 0 Å². The number of hydrogen-bond acceptors (Lipinski definition) is 1. The lowest BCUT2D eigenvalue weighted by atomic mass is 10.1. The molecule has 0 amide bonds. The summed E-state index contributed by atoms with van der Waals surface area (Å²) in [5.74, 6) is 0.334. The van der Waals surface area contributed by atoms with Gasteiger partial charge < -0.3 is 0 Å². The summed E-state index contributed by atoms with van der Waals surface area (Å²) in [5, 5.41) is 5.26. The molecule has 0 N–H and O–H groups in total. The van der Waals surface area contributed by atoms with Crippen molar-refractivity contribution in [1.82, 2.24) is 9.78 Å². The Bertz CT molecular complexity index is 517. The van der Waals surface area contributed by atoms with Crippen LogP contribution >= 0.6 is 15.9 Å². The average Bonchev–Trinajstić information content (AvgIpc) is 2.72. The van der Waals surface area contributed by atoms with Gasteiger partial charge in [-0.25, -0.2) is 9.07 Å². The molecule has 2 rings (SSSR count). The monoisotopic (exact) mass is 310 g/mol. The van der Waals surface area contributed by atoms with Crippen LogP contribution in [0.15, 0.2) is 30.3 Å². The first-order valence-corrected chi connectivity index (χ1v) is 7.12. The van der Waals surface area contributed by atoms with Crippen molar-refractivity contribution in [2.75, 3.05) is 0 Å². The van der Waals surface area contributed by atoms with Crippen LogP contribution in [0.3, 0.4) is 0 Å². The van der Waals surface area contributed by atoms with E-state index in [-0.39, 0.29) is 5.82 Å². The zero-order valence-electron chi connectivity index (χ0n) is 10.5. The van der Waals surface area contributed by atoms with Crippen LogP contribution in [0.4, 0.5) is 4.39 Å². The van der Waals surface area contributed by atoms with E-state index < -0.39 is 0 Å². The van der Waals surface area contributed by atoms with E-state index in [4.69, 9.17) is 0 Å². The van der Waals surface area contributed by atoms with Crippen molar-refractivity contribution in [3.8, 4) is 5.69 Å². The fraction of sp³-hybridized carbons (Fsp3) is 0.357. The summed E-state index contributed by atoms with van der Waals surface area (Å²) < 4.78 is 14.8. The molecule has 0 radical (unpaired) electrons. The predicted molar refractivity (Wildman–Crippen MR) is 74.7 cm³/mol. The Balaban J connectivity index is 2.41. The molecular formula is C14H16BrFN2. The van der Waals surface area contributed by atoms with Crippen molar-refractivity contribution in [2.24, 2.45) is 5.92 Å². The molecule has 1 aromatic carbocycles. The lowest BCUT2D eigenvalue weighted by Gasteiger charge is -2.09. The topological polar surface area (TPSA) is 17.8 Å². The minimum absolute atomic E-state index is 0.225. The molecule has 4 heteroatoms. The first-order valence-electron chi connectivity index (χ1n) is 6.00. The molecule has 96 valence electrons. The molecule has 0 saturated heterocycles. The second kappa shape index (κ2) is 5.65. The number of halogens is 2. The van der Waals surface area contributed by atoms with Gasteiger partial charge >= 0.3 is 0 Å². The van der Waals surface area contributed by atoms with Crippen LogP contribution in [0.5, 0.6) is 0 Å². The summed E-state index contributed by atoms with van der Waals surface area (Å²) in [6.07, 6.45) is 0.956. The summed E-state index contributed by atoms with van der Waals surface area (Å²) >= 11 is 3.42. The van der Waals surface area contributed by atoms with E-state index in [0.717, 1.165) is 28.8 Å². The van der Waals surface area contributed by atoms with E-state index in [2.05, 4.69) is 40.9 Å². The number of benzene rings is 1. The normalized spacial score (nSPS) is 11.2. The number of nitrogens with zero attached hydrogens (tertiary/aromatic N) is 2. The third-order valence-corrected chi connectivity index (χ3v) is 3.23. The van der Waals surface area contributed by atoms with Gasteiger partial charge in [0.25, 0.3) is 0 Å². The summed E-state index contributed by atoms with van der Waals surface area (Å²) in [7, 11) is 0. The Morgan fingerprint density at radius 3 is 2.50 bits per heavy atom. The van der Waals surface area contributed by atoms with Gasteiger partial charge in [0.1, 0.15) is 5.82 Å². The number of alkyl halides is 1. The quantitative estimate of drug-likeness (QED) is 0.777. The highest BCUT2D eigenvalue weighted by Gasteiger charge is 2.10. The Labute approximate surface area is 115 Å². The highest BCUT2D eigenvalue weighted by molar-refractivity contribution is 9.08. The maximum Gasteiger partial charge on any atom is 0.123 e. The van der Waals surface area contributed by atoms with Crippen LogP contribution in [0, 0.1) is 11.7 Å². The molecule has 1 heterocycles. The zero-order chi connectivity index (χ0) is 13.1. The molecule has 18 heavy (non-hydrogen) atoms. The van der Waals surface area contributed by atoms with Crippen LogP contribution in [0.2, 0.25) is 0 Å². The Morgan fingerprint density at radius 1 is 1.28 bits per heavy atom. The molecule has 0 aliphatic heterocycles. The molecule has 0 unspecified atom stereocenters. The van der Waals surface area contributed by atoms with Gasteiger partial charge in [-0.1, -0.05) is 29.8 Å². The Kier molecular flexibility index (Phi) is 4.17. The lowest BCUT2D eigenvalue weighted by Crippen LogP contribution is -2.05. The SMILES string of the molecule is CC(C)Cc1cc(CBr)nn1-c1ccc(F)cc1. The smallest absolute Gasteiger partial charge is 0.123 e. The van der Waals surface area contributed by atoms with Gasteiger partial charge in [0, 0.05) is 11.0 Å². The second-order valence-electron chi connectivity index (χ2n) is 4.75. The Morgan fingerprint density at radius 2 is 1.94 bits per heavy atom. The van der Waals surface area contributed by atoms with Crippen molar-refractivity contribution in [1.29, 1.82) is 0 Å². The van der Waals surface area contributed by atoms with E-state index in [1.165, 1.54) is 12.1 Å². The minimum Gasteiger partial charge on any atom is -0.238 e. The largest absolute Gasteiger partial charge is 0.238 e. The molecule has 0 atom stereocenters. The summed E-state index contributed by atoms with van der Waals surface area (Å²) in [6.45, 7) is 4.35. The number of aromatic nitrogens is 2. The van der Waals surface area contributed by atoms with Gasteiger partial charge in [-0.15, -0.1) is 0 Å². The third kappa shape index (κ3) is 2.99. The van der Waals surface area contributed by atoms with Crippen LogP contribution in [0.1, 0.15) is 25.2 Å². The van der Waals surface area contributed by atoms with Crippen molar-refractivity contribution in [3.63, 3.8) is 0 Å². The van der Waals surface area contributed by atoms with Crippen molar-refractivity contribution >= 4 is 15.9 Å². The maximum atomic E-state index is 12.9. The maximum absolute atomic E-state index is 12.9. The zero-order valence-corrected chi connectivity index (χ0v) is 12.1. The van der Waals surface area contributed by atoms with Crippen molar-refractivity contribution < 1.29 is 4.39 Å². The van der Waals surface area contributed by atoms with Gasteiger partial charge in [0.05, 0.1) is 11.4 Å². The molecule has 0 bridgehead atoms. The van der Waals surface area contributed by atoms with E-state index in [0.29, 0.717) is 5.92 Å². The van der Waals surface area contributed by atoms with Gasteiger partial charge in [0.2, 0.25) is 0 Å². The fourth-order valence-corrected chi connectivity index (χ4v) is 2.18. The van der Waals surface area contributed by atoms with E-state index in [1.54, 1.807) is 12.1 Å². The highest BCUT2D eigenvalue weighted by Crippen LogP contribution is 2.18. The van der Waals surface area contributed by atoms with Crippen LogP contribution in [-0.4, -0.2) is 9.78 Å². The minimum atomic E-state index is -0.225. The Hall–Kier alpha value is -1.16.